The fourth-order valence-electron chi connectivity index (χ4n) is 3.41. The maximum absolute atomic E-state index is 12.6. The van der Waals surface area contributed by atoms with E-state index in [1.54, 1.807) is 23.1 Å². The number of sulfonamides is 1. The molecule has 128 valence electrons. The number of rotatable bonds is 4. The number of ether oxygens (including phenoxy) is 1. The molecule has 1 N–H and O–H groups in total. The molecule has 1 saturated heterocycles. The highest BCUT2D eigenvalue weighted by Crippen LogP contribution is 2.26. The quantitative estimate of drug-likeness (QED) is 0.922. The summed E-state index contributed by atoms with van der Waals surface area (Å²) in [5, 5.41) is 4.26. The summed E-state index contributed by atoms with van der Waals surface area (Å²) in [6, 6.07) is 5.64. The number of aromatic nitrogens is 2. The average Bonchev–Trinajstić information content (AvgIpc) is 3.25. The molecule has 2 heterocycles. The van der Waals surface area contributed by atoms with Crippen molar-refractivity contribution in [3.63, 3.8) is 0 Å². The molecular formula is C17H21N3O3S. The van der Waals surface area contributed by atoms with Crippen molar-refractivity contribution in [2.24, 2.45) is 0 Å². The summed E-state index contributed by atoms with van der Waals surface area (Å²) in [5.41, 5.74) is 2.91. The van der Waals surface area contributed by atoms with Crippen molar-refractivity contribution < 1.29 is 13.2 Å². The van der Waals surface area contributed by atoms with Gasteiger partial charge in [0.05, 0.1) is 29.4 Å². The Morgan fingerprint density at radius 2 is 2.04 bits per heavy atom. The molecule has 0 radical (unpaired) electrons. The SMILES string of the molecule is O=S(=O)(Nc1cnn([C@@H]2CCOC2)c1)c1ccc2c(c1)CCCC2. The van der Waals surface area contributed by atoms with E-state index in [0.717, 1.165) is 37.9 Å². The molecule has 0 bridgehead atoms. The van der Waals surface area contributed by atoms with E-state index in [1.807, 2.05) is 12.1 Å². The van der Waals surface area contributed by atoms with Gasteiger partial charge in [-0.05, 0) is 55.4 Å². The second-order valence-corrected chi connectivity index (χ2v) is 8.15. The summed E-state index contributed by atoms with van der Waals surface area (Å²) in [6.45, 7) is 1.35. The minimum atomic E-state index is -3.59. The van der Waals surface area contributed by atoms with Crippen LogP contribution in [0.5, 0.6) is 0 Å². The monoisotopic (exact) mass is 347 g/mol. The minimum absolute atomic E-state index is 0.187. The summed E-state index contributed by atoms with van der Waals surface area (Å²) < 4.78 is 35.0. The average molecular weight is 347 g/mol. The van der Waals surface area contributed by atoms with Gasteiger partial charge in [-0.25, -0.2) is 8.42 Å². The molecule has 1 aromatic heterocycles. The Bertz CT molecular complexity index is 839. The van der Waals surface area contributed by atoms with Crippen molar-refractivity contribution in [2.45, 2.75) is 43.0 Å². The number of aryl methyl sites for hydroxylation is 2. The second kappa shape index (κ2) is 6.22. The number of hydrogen-bond acceptors (Lipinski definition) is 4. The number of nitrogens with one attached hydrogen (secondary N) is 1. The number of fused-ring (bicyclic) bond motifs is 1. The lowest BCUT2D eigenvalue weighted by molar-refractivity contribution is 0.184. The predicted octanol–water partition coefficient (Wildman–Crippen LogP) is 2.52. The largest absolute Gasteiger partial charge is 0.379 e. The Labute approximate surface area is 141 Å². The molecule has 1 fully saturated rings. The van der Waals surface area contributed by atoms with Crippen LogP contribution in [0.15, 0.2) is 35.5 Å². The van der Waals surface area contributed by atoms with Gasteiger partial charge in [0.1, 0.15) is 0 Å². The molecule has 2 aromatic rings. The zero-order valence-corrected chi connectivity index (χ0v) is 14.3. The van der Waals surface area contributed by atoms with Crippen LogP contribution in [0.2, 0.25) is 0 Å². The molecule has 1 aliphatic heterocycles. The number of benzene rings is 1. The van der Waals surface area contributed by atoms with Crippen LogP contribution < -0.4 is 4.72 Å². The fourth-order valence-corrected chi connectivity index (χ4v) is 4.49. The van der Waals surface area contributed by atoms with E-state index in [1.165, 1.54) is 12.0 Å². The maximum Gasteiger partial charge on any atom is 0.262 e. The van der Waals surface area contributed by atoms with E-state index in [2.05, 4.69) is 9.82 Å². The zero-order chi connectivity index (χ0) is 16.6. The molecule has 6 nitrogen and oxygen atoms in total. The Morgan fingerprint density at radius 3 is 2.83 bits per heavy atom. The van der Waals surface area contributed by atoms with Crippen LogP contribution in [-0.4, -0.2) is 31.4 Å². The molecular weight excluding hydrogens is 326 g/mol. The minimum Gasteiger partial charge on any atom is -0.379 e. The van der Waals surface area contributed by atoms with Crippen molar-refractivity contribution in [1.82, 2.24) is 9.78 Å². The third-order valence-electron chi connectivity index (χ3n) is 4.76. The fraction of sp³-hybridized carbons (Fsp3) is 0.471. The van der Waals surface area contributed by atoms with Gasteiger partial charge in [-0.15, -0.1) is 0 Å². The lowest BCUT2D eigenvalue weighted by atomic mass is 9.92. The van der Waals surface area contributed by atoms with E-state index in [-0.39, 0.29) is 6.04 Å². The van der Waals surface area contributed by atoms with Gasteiger partial charge in [-0.3, -0.25) is 9.40 Å². The lowest BCUT2D eigenvalue weighted by Crippen LogP contribution is -2.14. The topological polar surface area (TPSA) is 73.2 Å². The molecule has 0 amide bonds. The van der Waals surface area contributed by atoms with Gasteiger partial charge in [0.2, 0.25) is 0 Å². The van der Waals surface area contributed by atoms with Crippen LogP contribution in [0.4, 0.5) is 5.69 Å². The molecule has 4 rings (SSSR count). The highest BCUT2D eigenvalue weighted by molar-refractivity contribution is 7.92. The van der Waals surface area contributed by atoms with Crippen LogP contribution in [-0.2, 0) is 27.6 Å². The predicted molar refractivity (Wildman–Crippen MR) is 90.6 cm³/mol. The molecule has 24 heavy (non-hydrogen) atoms. The van der Waals surface area contributed by atoms with Gasteiger partial charge in [0.25, 0.3) is 10.0 Å². The molecule has 1 atom stereocenters. The number of nitrogens with zero attached hydrogens (tertiary/aromatic N) is 2. The van der Waals surface area contributed by atoms with Gasteiger partial charge < -0.3 is 4.74 Å². The third-order valence-corrected chi connectivity index (χ3v) is 6.14. The summed E-state index contributed by atoms with van der Waals surface area (Å²) >= 11 is 0. The first-order valence-electron chi connectivity index (χ1n) is 8.38. The highest BCUT2D eigenvalue weighted by Gasteiger charge is 2.21. The van der Waals surface area contributed by atoms with E-state index in [9.17, 15) is 8.42 Å². The number of anilines is 1. The molecule has 2 aliphatic rings. The van der Waals surface area contributed by atoms with E-state index in [0.29, 0.717) is 17.2 Å². The molecule has 0 saturated carbocycles. The van der Waals surface area contributed by atoms with Crippen molar-refractivity contribution in [2.75, 3.05) is 17.9 Å². The Balaban J connectivity index is 1.55. The van der Waals surface area contributed by atoms with E-state index < -0.39 is 10.0 Å². The second-order valence-electron chi connectivity index (χ2n) is 6.47. The first-order chi connectivity index (χ1) is 11.6. The Morgan fingerprint density at radius 1 is 1.21 bits per heavy atom. The molecule has 0 unspecified atom stereocenters. The normalized spacial score (nSPS) is 20.8. The Kier molecular flexibility index (Phi) is 4.05. The van der Waals surface area contributed by atoms with Crippen molar-refractivity contribution in [3.8, 4) is 0 Å². The van der Waals surface area contributed by atoms with Crippen molar-refractivity contribution in [1.29, 1.82) is 0 Å². The Hall–Kier alpha value is -1.86. The summed E-state index contributed by atoms with van der Waals surface area (Å²) in [6.07, 6.45) is 8.49. The van der Waals surface area contributed by atoms with Gasteiger partial charge in [0, 0.05) is 12.8 Å². The first-order valence-corrected chi connectivity index (χ1v) is 9.87. The van der Waals surface area contributed by atoms with E-state index in [4.69, 9.17) is 4.74 Å². The molecule has 1 aliphatic carbocycles. The van der Waals surface area contributed by atoms with Crippen LogP contribution in [0.3, 0.4) is 0 Å². The van der Waals surface area contributed by atoms with Gasteiger partial charge in [0.15, 0.2) is 0 Å². The number of hydrogen-bond donors (Lipinski definition) is 1. The smallest absolute Gasteiger partial charge is 0.262 e. The van der Waals surface area contributed by atoms with Crippen molar-refractivity contribution in [3.05, 3.63) is 41.7 Å². The summed E-state index contributed by atoms with van der Waals surface area (Å²) in [5.74, 6) is 0. The molecule has 0 spiro atoms. The van der Waals surface area contributed by atoms with Gasteiger partial charge >= 0.3 is 0 Å². The maximum atomic E-state index is 12.6. The lowest BCUT2D eigenvalue weighted by Gasteiger charge is -2.16. The third kappa shape index (κ3) is 3.06. The molecule has 1 aromatic carbocycles. The highest BCUT2D eigenvalue weighted by atomic mass is 32.2. The van der Waals surface area contributed by atoms with Crippen LogP contribution in [0, 0.1) is 0 Å². The van der Waals surface area contributed by atoms with Crippen molar-refractivity contribution >= 4 is 15.7 Å². The first kappa shape index (κ1) is 15.7. The van der Waals surface area contributed by atoms with Gasteiger partial charge in [-0.1, -0.05) is 6.07 Å². The van der Waals surface area contributed by atoms with Crippen LogP contribution in [0.25, 0.3) is 0 Å². The zero-order valence-electron chi connectivity index (χ0n) is 13.4. The van der Waals surface area contributed by atoms with Crippen LogP contribution >= 0.6 is 0 Å². The molecule has 7 heteroatoms. The van der Waals surface area contributed by atoms with E-state index >= 15 is 0 Å². The standard InChI is InChI=1S/C17H21N3O3S/c21-24(22,17-6-5-13-3-1-2-4-14(13)9-17)19-15-10-18-20(11-15)16-7-8-23-12-16/h5-6,9-11,16,19H,1-4,7-8,12H2/t16-/m1/s1. The summed E-state index contributed by atoms with van der Waals surface area (Å²) in [7, 11) is -3.59. The van der Waals surface area contributed by atoms with Gasteiger partial charge in [-0.2, -0.15) is 5.10 Å². The summed E-state index contributed by atoms with van der Waals surface area (Å²) in [4.78, 5) is 0.320. The van der Waals surface area contributed by atoms with Crippen LogP contribution in [0.1, 0.15) is 36.4 Å².